The number of hydrogen-bond donors (Lipinski definition) is 1. The summed E-state index contributed by atoms with van der Waals surface area (Å²) in [4.78, 5) is 0. The molecule has 1 heteroatoms. The molecule has 0 amide bonds. The SMILES string of the molecule is Cc1ccc(C2(N)CCC(C)(C)CC2)c(C)c1. The summed E-state index contributed by atoms with van der Waals surface area (Å²) in [5.74, 6) is 0. The summed E-state index contributed by atoms with van der Waals surface area (Å²) < 4.78 is 0. The van der Waals surface area contributed by atoms with E-state index >= 15 is 0 Å². The summed E-state index contributed by atoms with van der Waals surface area (Å²) in [6.45, 7) is 9.05. The number of hydrogen-bond acceptors (Lipinski definition) is 1. The van der Waals surface area contributed by atoms with E-state index in [0.717, 1.165) is 12.8 Å². The molecule has 1 aromatic carbocycles. The van der Waals surface area contributed by atoms with E-state index in [0.29, 0.717) is 5.41 Å². The predicted molar refractivity (Wildman–Crippen MR) is 74.0 cm³/mol. The maximum Gasteiger partial charge on any atom is 0.0412 e. The number of nitrogens with two attached hydrogens (primary N) is 1. The van der Waals surface area contributed by atoms with Crippen molar-refractivity contribution in [2.45, 2.75) is 58.9 Å². The zero-order valence-corrected chi connectivity index (χ0v) is 11.6. The molecular formula is C16H25N. The summed E-state index contributed by atoms with van der Waals surface area (Å²) >= 11 is 0. The van der Waals surface area contributed by atoms with Gasteiger partial charge in [-0.25, -0.2) is 0 Å². The van der Waals surface area contributed by atoms with Crippen LogP contribution in [-0.4, -0.2) is 0 Å². The van der Waals surface area contributed by atoms with E-state index in [1.54, 1.807) is 0 Å². The quantitative estimate of drug-likeness (QED) is 0.775. The second-order valence-corrected chi connectivity index (χ2v) is 6.64. The fraction of sp³-hybridized carbons (Fsp3) is 0.625. The Morgan fingerprint density at radius 1 is 1.00 bits per heavy atom. The largest absolute Gasteiger partial charge is 0.321 e. The summed E-state index contributed by atoms with van der Waals surface area (Å²) in [6.07, 6.45) is 4.70. The Labute approximate surface area is 105 Å². The van der Waals surface area contributed by atoms with Gasteiger partial charge in [0.25, 0.3) is 0 Å². The van der Waals surface area contributed by atoms with Gasteiger partial charge in [0.15, 0.2) is 0 Å². The highest BCUT2D eigenvalue weighted by Gasteiger charge is 2.37. The Bertz CT molecular complexity index is 408. The van der Waals surface area contributed by atoms with Crippen LogP contribution in [0.2, 0.25) is 0 Å². The Kier molecular flexibility index (Phi) is 3.07. The molecule has 0 aliphatic heterocycles. The average molecular weight is 231 g/mol. The summed E-state index contributed by atoms with van der Waals surface area (Å²) in [7, 11) is 0. The lowest BCUT2D eigenvalue weighted by molar-refractivity contribution is 0.165. The van der Waals surface area contributed by atoms with Gasteiger partial charge in [-0.15, -0.1) is 0 Å². The molecule has 0 atom stereocenters. The molecule has 1 aromatic rings. The standard InChI is InChI=1S/C16H25N/c1-12-5-6-14(13(2)11-12)16(17)9-7-15(3,4)8-10-16/h5-6,11H,7-10,17H2,1-4H3. The second-order valence-electron chi connectivity index (χ2n) is 6.64. The van der Waals surface area contributed by atoms with E-state index in [9.17, 15) is 0 Å². The maximum atomic E-state index is 6.65. The fourth-order valence-electron chi connectivity index (χ4n) is 3.01. The highest BCUT2D eigenvalue weighted by atomic mass is 14.8. The van der Waals surface area contributed by atoms with Crippen LogP contribution in [0.15, 0.2) is 18.2 Å². The van der Waals surface area contributed by atoms with Gasteiger partial charge in [0.2, 0.25) is 0 Å². The van der Waals surface area contributed by atoms with Gasteiger partial charge in [0, 0.05) is 5.54 Å². The molecule has 1 nitrogen and oxygen atoms in total. The van der Waals surface area contributed by atoms with Gasteiger partial charge in [-0.2, -0.15) is 0 Å². The molecule has 1 saturated carbocycles. The van der Waals surface area contributed by atoms with Gasteiger partial charge in [-0.05, 0) is 56.1 Å². The van der Waals surface area contributed by atoms with Crippen LogP contribution in [0.3, 0.4) is 0 Å². The van der Waals surface area contributed by atoms with Crippen molar-refractivity contribution >= 4 is 0 Å². The molecule has 1 aliphatic rings. The van der Waals surface area contributed by atoms with Gasteiger partial charge in [0.1, 0.15) is 0 Å². The van der Waals surface area contributed by atoms with E-state index < -0.39 is 0 Å². The van der Waals surface area contributed by atoms with E-state index in [4.69, 9.17) is 5.73 Å². The number of rotatable bonds is 1. The zero-order valence-electron chi connectivity index (χ0n) is 11.6. The van der Waals surface area contributed by atoms with E-state index in [2.05, 4.69) is 45.9 Å². The van der Waals surface area contributed by atoms with Crippen molar-refractivity contribution in [1.29, 1.82) is 0 Å². The third-order valence-electron chi connectivity index (χ3n) is 4.41. The molecule has 0 bridgehead atoms. The third kappa shape index (κ3) is 2.55. The van der Waals surface area contributed by atoms with Crippen LogP contribution in [0, 0.1) is 19.3 Å². The van der Waals surface area contributed by atoms with Crippen LogP contribution < -0.4 is 5.73 Å². The van der Waals surface area contributed by atoms with Gasteiger partial charge in [0.05, 0.1) is 0 Å². The highest BCUT2D eigenvalue weighted by molar-refractivity contribution is 5.36. The van der Waals surface area contributed by atoms with Gasteiger partial charge in [-0.1, -0.05) is 37.6 Å². The van der Waals surface area contributed by atoms with Crippen molar-refractivity contribution in [3.8, 4) is 0 Å². The zero-order chi connectivity index (χ0) is 12.7. The lowest BCUT2D eigenvalue weighted by Crippen LogP contribution is -2.42. The molecule has 0 unspecified atom stereocenters. The lowest BCUT2D eigenvalue weighted by atomic mass is 9.67. The monoisotopic (exact) mass is 231 g/mol. The Morgan fingerprint density at radius 2 is 1.59 bits per heavy atom. The number of benzene rings is 1. The van der Waals surface area contributed by atoms with Gasteiger partial charge >= 0.3 is 0 Å². The van der Waals surface area contributed by atoms with E-state index in [1.165, 1.54) is 29.5 Å². The first kappa shape index (κ1) is 12.6. The molecule has 94 valence electrons. The normalized spacial score (nSPS) is 22.4. The Balaban J connectivity index is 2.27. The minimum absolute atomic E-state index is 0.0900. The Morgan fingerprint density at radius 3 is 2.12 bits per heavy atom. The van der Waals surface area contributed by atoms with Gasteiger partial charge in [-0.3, -0.25) is 0 Å². The van der Waals surface area contributed by atoms with Crippen molar-refractivity contribution < 1.29 is 0 Å². The lowest BCUT2D eigenvalue weighted by Gasteiger charge is -2.42. The molecule has 17 heavy (non-hydrogen) atoms. The van der Waals surface area contributed by atoms with Crippen LogP contribution in [-0.2, 0) is 5.54 Å². The van der Waals surface area contributed by atoms with Crippen LogP contribution in [0.4, 0.5) is 0 Å². The third-order valence-corrected chi connectivity index (χ3v) is 4.41. The molecule has 0 saturated heterocycles. The summed E-state index contributed by atoms with van der Waals surface area (Å²) in [5, 5.41) is 0. The first-order chi connectivity index (χ1) is 7.82. The van der Waals surface area contributed by atoms with E-state index in [-0.39, 0.29) is 5.54 Å². The second kappa shape index (κ2) is 4.13. The van der Waals surface area contributed by atoms with Crippen molar-refractivity contribution in [3.05, 3.63) is 34.9 Å². The van der Waals surface area contributed by atoms with Gasteiger partial charge < -0.3 is 5.73 Å². The molecule has 1 aliphatic carbocycles. The number of aryl methyl sites for hydroxylation is 2. The molecule has 2 N–H and O–H groups in total. The topological polar surface area (TPSA) is 26.0 Å². The minimum Gasteiger partial charge on any atom is -0.321 e. The molecule has 1 fully saturated rings. The minimum atomic E-state index is -0.0900. The first-order valence-electron chi connectivity index (χ1n) is 6.69. The summed E-state index contributed by atoms with van der Waals surface area (Å²) in [5.41, 5.74) is 11.1. The van der Waals surface area contributed by atoms with Crippen LogP contribution >= 0.6 is 0 Å². The molecule has 2 rings (SSSR count). The average Bonchev–Trinajstić information content (AvgIpc) is 2.23. The maximum absolute atomic E-state index is 6.65. The fourth-order valence-corrected chi connectivity index (χ4v) is 3.01. The molecular weight excluding hydrogens is 206 g/mol. The van der Waals surface area contributed by atoms with Crippen molar-refractivity contribution in [2.75, 3.05) is 0 Å². The summed E-state index contributed by atoms with van der Waals surface area (Å²) in [6, 6.07) is 6.68. The van der Waals surface area contributed by atoms with Crippen LogP contribution in [0.5, 0.6) is 0 Å². The molecule has 0 heterocycles. The molecule has 0 spiro atoms. The smallest absolute Gasteiger partial charge is 0.0412 e. The van der Waals surface area contributed by atoms with Crippen LogP contribution in [0.1, 0.15) is 56.2 Å². The van der Waals surface area contributed by atoms with Crippen LogP contribution in [0.25, 0.3) is 0 Å². The van der Waals surface area contributed by atoms with E-state index in [1.807, 2.05) is 0 Å². The van der Waals surface area contributed by atoms with Crippen molar-refractivity contribution in [1.82, 2.24) is 0 Å². The molecule has 0 aromatic heterocycles. The van der Waals surface area contributed by atoms with Crippen molar-refractivity contribution in [3.63, 3.8) is 0 Å². The first-order valence-corrected chi connectivity index (χ1v) is 6.69. The predicted octanol–water partition coefficient (Wildman–Crippen LogP) is 4.06. The van der Waals surface area contributed by atoms with Crippen molar-refractivity contribution in [2.24, 2.45) is 11.1 Å². The molecule has 0 radical (unpaired) electrons. The highest BCUT2D eigenvalue weighted by Crippen LogP contribution is 2.44. The Hall–Kier alpha value is -0.820.